The van der Waals surface area contributed by atoms with Crippen molar-refractivity contribution in [1.29, 1.82) is 5.41 Å². The van der Waals surface area contributed by atoms with E-state index in [9.17, 15) is 0 Å². The Morgan fingerprint density at radius 1 is 1.55 bits per heavy atom. The molecule has 0 bridgehead atoms. The summed E-state index contributed by atoms with van der Waals surface area (Å²) in [5.41, 5.74) is 2.54. The van der Waals surface area contributed by atoms with Crippen LogP contribution in [0.3, 0.4) is 0 Å². The summed E-state index contributed by atoms with van der Waals surface area (Å²) in [6, 6.07) is 0. The molecule has 0 aromatic rings. The van der Waals surface area contributed by atoms with Gasteiger partial charge in [0.25, 0.3) is 0 Å². The molecule has 4 heteroatoms. The van der Waals surface area contributed by atoms with Gasteiger partial charge >= 0.3 is 0 Å². The van der Waals surface area contributed by atoms with E-state index in [0.717, 1.165) is 11.3 Å². The van der Waals surface area contributed by atoms with E-state index in [1.807, 2.05) is 13.8 Å². The van der Waals surface area contributed by atoms with E-state index in [1.54, 1.807) is 6.20 Å². The first kappa shape index (κ1) is 8.20. The second kappa shape index (κ2) is 3.00. The molecule has 0 fully saturated rings. The van der Waals surface area contributed by atoms with Crippen molar-refractivity contribution in [2.24, 2.45) is 9.39 Å². The van der Waals surface area contributed by atoms with E-state index in [-0.39, 0.29) is 0 Å². The summed E-state index contributed by atoms with van der Waals surface area (Å²) in [5.74, 6) is 0. The Morgan fingerprint density at radius 2 is 2.18 bits per heavy atom. The minimum atomic E-state index is 0.410. The molecule has 1 aliphatic rings. The van der Waals surface area contributed by atoms with Crippen molar-refractivity contribution < 1.29 is 0 Å². The minimum absolute atomic E-state index is 0.410. The zero-order chi connectivity index (χ0) is 8.43. The summed E-state index contributed by atoms with van der Waals surface area (Å²) in [4.78, 5) is 4.05. The van der Waals surface area contributed by atoms with Crippen molar-refractivity contribution >= 4 is 29.9 Å². The molecule has 0 aromatic carbocycles. The van der Waals surface area contributed by atoms with Crippen LogP contribution in [0.4, 0.5) is 0 Å². The number of allylic oxidation sites excluding steroid dienone is 1. The van der Waals surface area contributed by atoms with Gasteiger partial charge in [-0.3, -0.25) is 10.4 Å². The summed E-state index contributed by atoms with van der Waals surface area (Å²) in [6.45, 7) is 3.64. The van der Waals surface area contributed by atoms with Crippen LogP contribution in [0.15, 0.2) is 21.2 Å². The van der Waals surface area contributed by atoms with Crippen molar-refractivity contribution in [2.75, 3.05) is 0 Å². The highest BCUT2D eigenvalue weighted by Crippen LogP contribution is 2.07. The van der Waals surface area contributed by atoms with E-state index < -0.39 is 0 Å². The lowest BCUT2D eigenvalue weighted by Crippen LogP contribution is -2.24. The molecule has 1 heterocycles. The third-order valence-corrected chi connectivity index (χ3v) is 1.73. The number of rotatable bonds is 0. The van der Waals surface area contributed by atoms with Crippen LogP contribution in [0.2, 0.25) is 0 Å². The summed E-state index contributed by atoms with van der Waals surface area (Å²) in [7, 11) is 0. The van der Waals surface area contributed by atoms with Crippen molar-refractivity contribution in [3.8, 4) is 0 Å². The molecule has 0 saturated heterocycles. The second-order valence-corrected chi connectivity index (χ2v) is 2.55. The quantitative estimate of drug-likeness (QED) is 0.516. The van der Waals surface area contributed by atoms with Crippen LogP contribution in [-0.2, 0) is 0 Å². The van der Waals surface area contributed by atoms with E-state index in [0.29, 0.717) is 11.4 Å². The van der Waals surface area contributed by atoms with E-state index in [4.69, 9.17) is 5.41 Å². The highest BCUT2D eigenvalue weighted by molar-refractivity contribution is 7.79. The Labute approximate surface area is 71.0 Å². The molecule has 3 nitrogen and oxygen atoms in total. The van der Waals surface area contributed by atoms with Gasteiger partial charge in [-0.05, 0) is 32.2 Å². The van der Waals surface area contributed by atoms with Crippen LogP contribution in [-0.4, -0.2) is 17.1 Å². The summed E-state index contributed by atoms with van der Waals surface area (Å²) in [6.07, 6.45) is 1.67. The van der Waals surface area contributed by atoms with Gasteiger partial charge in [-0.15, -0.1) is 0 Å². The van der Waals surface area contributed by atoms with E-state index in [1.165, 1.54) is 0 Å². The number of hydrogen-bond acceptors (Lipinski definition) is 4. The van der Waals surface area contributed by atoms with Crippen molar-refractivity contribution in [3.63, 3.8) is 0 Å². The van der Waals surface area contributed by atoms with Crippen molar-refractivity contribution in [3.05, 3.63) is 11.8 Å². The molecule has 0 saturated carbocycles. The Balaban J connectivity index is 3.13. The number of aliphatic imine (C=N–C) groups is 1. The number of nitrogens with one attached hydrogen (secondary N) is 1. The van der Waals surface area contributed by atoms with Crippen LogP contribution >= 0.6 is 12.8 Å². The Hall–Kier alpha value is -0.900. The van der Waals surface area contributed by atoms with Gasteiger partial charge in [-0.1, -0.05) is 0 Å². The molecule has 0 aromatic heterocycles. The number of hydrogen-bond donors (Lipinski definition) is 2. The van der Waals surface area contributed by atoms with Crippen LogP contribution in [0.25, 0.3) is 0 Å². The fourth-order valence-electron chi connectivity index (χ4n) is 0.809. The molecule has 1 N–H and O–H groups in total. The summed E-state index contributed by atoms with van der Waals surface area (Å²) < 4.78 is 3.67. The van der Waals surface area contributed by atoms with E-state index >= 15 is 0 Å². The van der Waals surface area contributed by atoms with Gasteiger partial charge < -0.3 is 0 Å². The normalized spacial score (nSPS) is 21.7. The molecule has 58 valence electrons. The molecule has 1 rings (SSSR count). The van der Waals surface area contributed by atoms with Crippen LogP contribution in [0.1, 0.15) is 13.8 Å². The molecule has 0 amide bonds. The topological polar surface area (TPSA) is 48.6 Å². The standard InChI is InChI=1S/C7H9N3S/c1-4-3-9-5(2)7(10-11)6(4)8/h3,8,11H,1-2H3/b8-6?,10-7-. The van der Waals surface area contributed by atoms with E-state index in [2.05, 4.69) is 22.2 Å². The highest BCUT2D eigenvalue weighted by Gasteiger charge is 2.15. The van der Waals surface area contributed by atoms with Gasteiger partial charge in [0.1, 0.15) is 5.71 Å². The summed E-state index contributed by atoms with van der Waals surface area (Å²) >= 11 is 3.76. The zero-order valence-electron chi connectivity index (χ0n) is 6.42. The molecule has 11 heavy (non-hydrogen) atoms. The fraction of sp³-hybridized carbons (Fsp3) is 0.286. The van der Waals surface area contributed by atoms with Crippen LogP contribution < -0.4 is 0 Å². The van der Waals surface area contributed by atoms with Gasteiger partial charge in [0.2, 0.25) is 0 Å². The fourth-order valence-corrected chi connectivity index (χ4v) is 1.05. The maximum absolute atomic E-state index is 7.55. The first-order valence-electron chi connectivity index (χ1n) is 3.19. The summed E-state index contributed by atoms with van der Waals surface area (Å²) in [5, 5.41) is 7.55. The lowest BCUT2D eigenvalue weighted by molar-refractivity contribution is 1.40. The van der Waals surface area contributed by atoms with Crippen LogP contribution in [0, 0.1) is 5.41 Å². The Kier molecular flexibility index (Phi) is 2.24. The highest BCUT2D eigenvalue weighted by atomic mass is 32.1. The third kappa shape index (κ3) is 1.40. The molecule has 0 unspecified atom stereocenters. The first-order valence-corrected chi connectivity index (χ1v) is 3.59. The lowest BCUT2D eigenvalue weighted by Gasteiger charge is -2.10. The smallest absolute Gasteiger partial charge is 0.117 e. The molecule has 0 spiro atoms. The first-order chi connectivity index (χ1) is 5.16. The largest absolute Gasteiger partial charge is 0.298 e. The Morgan fingerprint density at radius 3 is 2.64 bits per heavy atom. The zero-order valence-corrected chi connectivity index (χ0v) is 7.31. The van der Waals surface area contributed by atoms with Crippen molar-refractivity contribution in [1.82, 2.24) is 0 Å². The molecule has 1 aliphatic heterocycles. The molecule has 0 aliphatic carbocycles. The maximum atomic E-state index is 7.55. The molecule has 0 atom stereocenters. The molecular formula is C7H9N3S. The van der Waals surface area contributed by atoms with Gasteiger partial charge in [0.05, 0.1) is 11.4 Å². The predicted molar refractivity (Wildman–Crippen MR) is 51.0 cm³/mol. The second-order valence-electron chi connectivity index (χ2n) is 2.35. The maximum Gasteiger partial charge on any atom is 0.117 e. The predicted octanol–water partition coefficient (Wildman–Crippen LogP) is 1.67. The van der Waals surface area contributed by atoms with Crippen molar-refractivity contribution in [2.45, 2.75) is 13.8 Å². The van der Waals surface area contributed by atoms with Gasteiger partial charge in [-0.25, -0.2) is 4.40 Å². The molecular weight excluding hydrogens is 158 g/mol. The van der Waals surface area contributed by atoms with Crippen LogP contribution in [0.5, 0.6) is 0 Å². The average molecular weight is 167 g/mol. The third-order valence-electron chi connectivity index (χ3n) is 1.53. The number of thiol groups is 1. The van der Waals surface area contributed by atoms with Gasteiger partial charge in [0, 0.05) is 6.20 Å². The monoisotopic (exact) mass is 167 g/mol. The average Bonchev–Trinajstić information content (AvgIpc) is 1.99. The lowest BCUT2D eigenvalue weighted by atomic mass is 10.0. The SMILES string of the molecule is CC1=CN=C(C)/C(=N/S)C1=N. The molecule has 0 radical (unpaired) electrons. The number of nitrogens with zero attached hydrogens (tertiary/aromatic N) is 2. The Bertz CT molecular complexity index is 282. The van der Waals surface area contributed by atoms with Gasteiger partial charge in [0.15, 0.2) is 0 Å². The van der Waals surface area contributed by atoms with Gasteiger partial charge in [-0.2, -0.15) is 0 Å². The minimum Gasteiger partial charge on any atom is -0.298 e.